The topological polar surface area (TPSA) is 87.7 Å². The first-order chi connectivity index (χ1) is 11.2. The zero-order chi connectivity index (χ0) is 17.9. The molecular weight excluding hydrogens is 334 g/mol. The lowest BCUT2D eigenvalue weighted by molar-refractivity contribution is -0.118. The molecular formula is C16H20ClN3O4. The maximum Gasteiger partial charge on any atom is 0.408 e. The fraction of sp³-hybridized carbons (Fsp3) is 0.438. The van der Waals surface area contributed by atoms with Gasteiger partial charge in [0, 0.05) is 0 Å². The molecule has 1 aromatic rings. The van der Waals surface area contributed by atoms with Crippen LogP contribution >= 0.6 is 11.6 Å². The molecule has 24 heavy (non-hydrogen) atoms. The van der Waals surface area contributed by atoms with Crippen LogP contribution in [0.2, 0.25) is 0 Å². The van der Waals surface area contributed by atoms with Gasteiger partial charge in [-0.1, -0.05) is 12.1 Å². The first-order valence-electron chi connectivity index (χ1n) is 7.47. The van der Waals surface area contributed by atoms with E-state index in [1.54, 1.807) is 45.0 Å². The first-order valence-corrected chi connectivity index (χ1v) is 8.00. The molecule has 1 aromatic carbocycles. The summed E-state index contributed by atoms with van der Waals surface area (Å²) in [4.78, 5) is 37.9. The molecule has 2 rings (SSSR count). The van der Waals surface area contributed by atoms with Crippen LogP contribution < -0.4 is 15.5 Å². The number of halogens is 1. The van der Waals surface area contributed by atoms with Gasteiger partial charge in [-0.15, -0.1) is 11.6 Å². The summed E-state index contributed by atoms with van der Waals surface area (Å²) in [6.45, 7) is 5.13. The Balaban J connectivity index is 2.25. The van der Waals surface area contributed by atoms with Gasteiger partial charge >= 0.3 is 6.09 Å². The SMILES string of the molecule is CC(C)(C)OC(=O)NC1CN(C(=O)CCl)c2ccccc2NC1=O. The molecule has 1 atom stereocenters. The second kappa shape index (κ2) is 7.09. The van der Waals surface area contributed by atoms with Gasteiger partial charge in [-0.25, -0.2) is 4.79 Å². The Hall–Kier alpha value is -2.28. The number of nitrogens with one attached hydrogen (secondary N) is 2. The molecule has 0 aliphatic carbocycles. The second-order valence-corrected chi connectivity index (χ2v) is 6.61. The molecule has 1 aliphatic rings. The van der Waals surface area contributed by atoms with Crippen LogP contribution in [-0.2, 0) is 14.3 Å². The molecule has 0 radical (unpaired) electrons. The Kier molecular flexibility index (Phi) is 5.33. The number of amides is 3. The molecule has 0 spiro atoms. The van der Waals surface area contributed by atoms with Crippen LogP contribution in [0.1, 0.15) is 20.8 Å². The minimum Gasteiger partial charge on any atom is -0.444 e. The third kappa shape index (κ3) is 4.38. The lowest BCUT2D eigenvalue weighted by Crippen LogP contribution is -2.51. The lowest BCUT2D eigenvalue weighted by Gasteiger charge is -2.25. The highest BCUT2D eigenvalue weighted by Crippen LogP contribution is 2.28. The fourth-order valence-electron chi connectivity index (χ4n) is 2.27. The van der Waals surface area contributed by atoms with E-state index in [0.717, 1.165) is 0 Å². The number of ether oxygens (including phenoxy) is 1. The molecule has 0 fully saturated rings. The summed E-state index contributed by atoms with van der Waals surface area (Å²) in [7, 11) is 0. The number of fused-ring (bicyclic) bond motifs is 1. The van der Waals surface area contributed by atoms with Crippen molar-refractivity contribution in [1.29, 1.82) is 0 Å². The van der Waals surface area contributed by atoms with Crippen molar-refractivity contribution < 1.29 is 19.1 Å². The van der Waals surface area contributed by atoms with Gasteiger partial charge in [-0.05, 0) is 32.9 Å². The molecule has 3 amide bonds. The molecule has 1 heterocycles. The summed E-state index contributed by atoms with van der Waals surface area (Å²) in [5, 5.41) is 5.20. The Morgan fingerprint density at radius 2 is 2.04 bits per heavy atom. The quantitative estimate of drug-likeness (QED) is 0.797. The third-order valence-electron chi connectivity index (χ3n) is 3.24. The van der Waals surface area contributed by atoms with Crippen molar-refractivity contribution in [1.82, 2.24) is 5.32 Å². The van der Waals surface area contributed by atoms with Gasteiger partial charge in [0.1, 0.15) is 17.5 Å². The van der Waals surface area contributed by atoms with E-state index < -0.39 is 23.6 Å². The van der Waals surface area contributed by atoms with Crippen LogP contribution in [0, 0.1) is 0 Å². The summed E-state index contributed by atoms with van der Waals surface area (Å²) >= 11 is 5.67. The van der Waals surface area contributed by atoms with Crippen molar-refractivity contribution in [3.05, 3.63) is 24.3 Å². The second-order valence-electron chi connectivity index (χ2n) is 6.34. The van der Waals surface area contributed by atoms with Crippen LogP contribution in [0.25, 0.3) is 0 Å². The molecule has 0 bridgehead atoms. The number of hydrogen-bond donors (Lipinski definition) is 2. The first kappa shape index (κ1) is 18.1. The van der Waals surface area contributed by atoms with E-state index in [1.165, 1.54) is 4.90 Å². The molecule has 130 valence electrons. The van der Waals surface area contributed by atoms with Crippen molar-refractivity contribution in [2.24, 2.45) is 0 Å². The molecule has 1 aliphatic heterocycles. The fourth-order valence-corrected chi connectivity index (χ4v) is 2.41. The number of carbonyl (C=O) groups is 3. The number of carbonyl (C=O) groups excluding carboxylic acids is 3. The molecule has 7 nitrogen and oxygen atoms in total. The number of hydrogen-bond acceptors (Lipinski definition) is 4. The van der Waals surface area contributed by atoms with E-state index in [0.29, 0.717) is 11.4 Å². The van der Waals surface area contributed by atoms with Gasteiger partial charge in [0.15, 0.2) is 0 Å². The molecule has 2 N–H and O–H groups in total. The number of benzene rings is 1. The summed E-state index contributed by atoms with van der Waals surface area (Å²) in [6, 6.07) is 5.91. The maximum atomic E-state index is 12.4. The van der Waals surface area contributed by atoms with E-state index in [1.807, 2.05) is 0 Å². The number of rotatable bonds is 2. The molecule has 1 unspecified atom stereocenters. The predicted octanol–water partition coefficient (Wildman–Crippen LogP) is 2.10. The minimum absolute atomic E-state index is 0.0341. The van der Waals surface area contributed by atoms with Gasteiger partial charge < -0.3 is 20.3 Å². The summed E-state index contributed by atoms with van der Waals surface area (Å²) in [5.74, 6) is -1.03. The zero-order valence-corrected chi connectivity index (χ0v) is 14.5. The zero-order valence-electron chi connectivity index (χ0n) is 13.8. The minimum atomic E-state index is -0.959. The van der Waals surface area contributed by atoms with Gasteiger partial charge in [0.2, 0.25) is 11.8 Å². The highest BCUT2D eigenvalue weighted by molar-refractivity contribution is 6.29. The van der Waals surface area contributed by atoms with Crippen LogP contribution in [0.15, 0.2) is 24.3 Å². The van der Waals surface area contributed by atoms with E-state index in [2.05, 4.69) is 10.6 Å². The molecule has 0 saturated heterocycles. The number of nitrogens with zero attached hydrogens (tertiary/aromatic N) is 1. The number of para-hydroxylation sites is 2. The van der Waals surface area contributed by atoms with E-state index in [9.17, 15) is 14.4 Å². The Morgan fingerprint density at radius 3 is 2.67 bits per heavy atom. The Bertz CT molecular complexity index is 657. The van der Waals surface area contributed by atoms with Crippen molar-refractivity contribution >= 4 is 40.9 Å². The smallest absolute Gasteiger partial charge is 0.408 e. The van der Waals surface area contributed by atoms with E-state index in [-0.39, 0.29) is 18.3 Å². The summed E-state index contributed by atoms with van der Waals surface area (Å²) < 4.78 is 5.17. The van der Waals surface area contributed by atoms with Crippen molar-refractivity contribution in [2.45, 2.75) is 32.4 Å². The molecule has 8 heteroatoms. The summed E-state index contributed by atoms with van der Waals surface area (Å²) in [6.07, 6.45) is -0.730. The van der Waals surface area contributed by atoms with Crippen molar-refractivity contribution in [2.75, 3.05) is 22.6 Å². The van der Waals surface area contributed by atoms with E-state index in [4.69, 9.17) is 16.3 Å². The standard InChI is InChI=1S/C16H20ClN3O4/c1-16(2,3)24-15(23)19-11-9-20(13(21)8-17)12-7-5-4-6-10(12)18-14(11)22/h4-7,11H,8-9H2,1-3H3,(H,18,22)(H,19,23). The normalized spacial score (nSPS) is 17.4. The van der Waals surface area contributed by atoms with Crippen molar-refractivity contribution in [3.8, 4) is 0 Å². The number of alkyl carbamates (subject to hydrolysis) is 1. The van der Waals surface area contributed by atoms with Gasteiger partial charge in [0.05, 0.1) is 17.9 Å². The van der Waals surface area contributed by atoms with Gasteiger partial charge in [-0.3, -0.25) is 9.59 Å². The van der Waals surface area contributed by atoms with Crippen LogP contribution in [0.5, 0.6) is 0 Å². The Morgan fingerprint density at radius 1 is 1.38 bits per heavy atom. The lowest BCUT2D eigenvalue weighted by atomic mass is 10.2. The molecule has 0 aromatic heterocycles. The average molecular weight is 354 g/mol. The number of anilines is 2. The Labute approximate surface area is 145 Å². The number of alkyl halides is 1. The highest BCUT2D eigenvalue weighted by atomic mass is 35.5. The van der Waals surface area contributed by atoms with Crippen LogP contribution in [0.3, 0.4) is 0 Å². The summed E-state index contributed by atoms with van der Waals surface area (Å²) in [5.41, 5.74) is 0.319. The maximum absolute atomic E-state index is 12.4. The van der Waals surface area contributed by atoms with E-state index >= 15 is 0 Å². The third-order valence-corrected chi connectivity index (χ3v) is 3.47. The van der Waals surface area contributed by atoms with Crippen LogP contribution in [-0.4, -0.2) is 42.0 Å². The predicted molar refractivity (Wildman–Crippen MR) is 91.3 cm³/mol. The monoisotopic (exact) mass is 353 g/mol. The van der Waals surface area contributed by atoms with Crippen LogP contribution in [0.4, 0.5) is 16.2 Å². The molecule has 0 saturated carbocycles. The average Bonchev–Trinajstić information content (AvgIpc) is 2.62. The largest absolute Gasteiger partial charge is 0.444 e. The van der Waals surface area contributed by atoms with Gasteiger partial charge in [0.25, 0.3) is 0 Å². The highest BCUT2D eigenvalue weighted by Gasteiger charge is 2.32. The van der Waals surface area contributed by atoms with Gasteiger partial charge in [-0.2, -0.15) is 0 Å². The van der Waals surface area contributed by atoms with Crippen molar-refractivity contribution in [3.63, 3.8) is 0 Å².